The Morgan fingerprint density at radius 1 is 1.77 bits per heavy atom. The molecule has 0 unspecified atom stereocenters. The molecule has 0 fully saturated rings. The van der Waals surface area contributed by atoms with Gasteiger partial charge in [-0.1, -0.05) is 0 Å². The summed E-state index contributed by atoms with van der Waals surface area (Å²) < 4.78 is 4.50. The zero-order valence-electron chi connectivity index (χ0n) is 7.32. The first-order valence-electron chi connectivity index (χ1n) is 3.80. The van der Waals surface area contributed by atoms with E-state index >= 15 is 0 Å². The van der Waals surface area contributed by atoms with E-state index in [0.717, 1.165) is 4.88 Å². The summed E-state index contributed by atoms with van der Waals surface area (Å²) in [4.78, 5) is 11.7. The molecule has 72 valence electrons. The second-order valence-electron chi connectivity index (χ2n) is 2.63. The van der Waals surface area contributed by atoms with E-state index in [1.807, 2.05) is 5.38 Å². The molecular weight excluding hydrogens is 188 g/mol. The van der Waals surface area contributed by atoms with E-state index in [1.54, 1.807) is 6.07 Å². The second-order valence-corrected chi connectivity index (χ2v) is 3.57. The number of hydrogen-bond donors (Lipinski definition) is 2. The van der Waals surface area contributed by atoms with Crippen molar-refractivity contribution in [3.63, 3.8) is 0 Å². The zero-order valence-corrected chi connectivity index (χ0v) is 8.14. The summed E-state index contributed by atoms with van der Waals surface area (Å²) >= 11 is 1.45. The maximum atomic E-state index is 10.9. The predicted octanol–water partition coefficient (Wildman–Crippen LogP) is 0.893. The van der Waals surface area contributed by atoms with Crippen LogP contribution in [0.1, 0.15) is 17.3 Å². The number of nitrogen functional groups attached to an aromatic ring is 1. The van der Waals surface area contributed by atoms with Gasteiger partial charge in [-0.05, 0) is 11.4 Å². The Hall–Kier alpha value is -1.07. The highest BCUT2D eigenvalue weighted by atomic mass is 32.1. The molecular formula is C8H12N2O2S. The van der Waals surface area contributed by atoms with E-state index in [0.29, 0.717) is 5.69 Å². The third-order valence-corrected chi connectivity index (χ3v) is 2.74. The molecule has 0 aliphatic heterocycles. The van der Waals surface area contributed by atoms with Crippen LogP contribution in [0, 0.1) is 0 Å². The summed E-state index contributed by atoms with van der Waals surface area (Å²) in [5.74, 6) is -0.319. The first-order chi connectivity index (χ1) is 6.15. The maximum Gasteiger partial charge on any atom is 0.307 e. The van der Waals surface area contributed by atoms with Gasteiger partial charge in [-0.25, -0.2) is 0 Å². The summed E-state index contributed by atoms with van der Waals surface area (Å²) in [5.41, 5.74) is 12.0. The molecule has 0 aliphatic rings. The average molecular weight is 200 g/mol. The van der Waals surface area contributed by atoms with Gasteiger partial charge in [0.25, 0.3) is 0 Å². The van der Waals surface area contributed by atoms with Crippen LogP contribution < -0.4 is 11.5 Å². The fourth-order valence-corrected chi connectivity index (χ4v) is 1.81. The summed E-state index contributed by atoms with van der Waals surface area (Å²) in [7, 11) is 1.34. The Morgan fingerprint density at radius 2 is 2.46 bits per heavy atom. The molecule has 0 bridgehead atoms. The smallest absolute Gasteiger partial charge is 0.307 e. The number of anilines is 1. The average Bonchev–Trinajstić information content (AvgIpc) is 2.51. The van der Waals surface area contributed by atoms with E-state index in [1.165, 1.54) is 18.4 Å². The lowest BCUT2D eigenvalue weighted by Gasteiger charge is -2.08. The first kappa shape index (κ1) is 10.0. The second kappa shape index (κ2) is 4.25. The van der Waals surface area contributed by atoms with Gasteiger partial charge in [-0.15, -0.1) is 11.3 Å². The van der Waals surface area contributed by atoms with Gasteiger partial charge in [-0.3, -0.25) is 4.79 Å². The molecule has 0 aromatic carbocycles. The molecule has 0 saturated carbocycles. The van der Waals surface area contributed by atoms with Gasteiger partial charge >= 0.3 is 5.97 Å². The van der Waals surface area contributed by atoms with Crippen LogP contribution >= 0.6 is 11.3 Å². The fourth-order valence-electron chi connectivity index (χ4n) is 0.988. The van der Waals surface area contributed by atoms with E-state index in [9.17, 15) is 4.79 Å². The monoisotopic (exact) mass is 200 g/mol. The first-order valence-corrected chi connectivity index (χ1v) is 4.68. The largest absolute Gasteiger partial charge is 0.469 e. The highest BCUT2D eigenvalue weighted by Crippen LogP contribution is 2.26. The Bertz CT molecular complexity index is 298. The molecule has 1 rings (SSSR count). The SMILES string of the molecule is COC(=O)C[C@@H](N)c1sccc1N. The van der Waals surface area contributed by atoms with E-state index < -0.39 is 0 Å². The lowest BCUT2D eigenvalue weighted by Crippen LogP contribution is -2.16. The van der Waals surface area contributed by atoms with Gasteiger partial charge in [0, 0.05) is 10.6 Å². The van der Waals surface area contributed by atoms with Crippen LogP contribution in [-0.4, -0.2) is 13.1 Å². The Balaban J connectivity index is 2.63. The molecule has 0 amide bonds. The van der Waals surface area contributed by atoms with Crippen molar-refractivity contribution in [3.05, 3.63) is 16.3 Å². The van der Waals surface area contributed by atoms with Crippen LogP contribution in [0.25, 0.3) is 0 Å². The fraction of sp³-hybridized carbons (Fsp3) is 0.375. The van der Waals surface area contributed by atoms with Crippen LogP contribution in [-0.2, 0) is 9.53 Å². The van der Waals surface area contributed by atoms with E-state index in [-0.39, 0.29) is 18.4 Å². The molecule has 4 nitrogen and oxygen atoms in total. The number of nitrogens with two attached hydrogens (primary N) is 2. The van der Waals surface area contributed by atoms with E-state index in [2.05, 4.69) is 4.74 Å². The van der Waals surface area contributed by atoms with Gasteiger partial charge < -0.3 is 16.2 Å². The number of methoxy groups -OCH3 is 1. The minimum Gasteiger partial charge on any atom is -0.469 e. The van der Waals surface area contributed by atoms with Crippen molar-refractivity contribution in [2.45, 2.75) is 12.5 Å². The van der Waals surface area contributed by atoms with Crippen LogP contribution in [0.5, 0.6) is 0 Å². The summed E-state index contributed by atoms with van der Waals surface area (Å²) in [6.07, 6.45) is 0.168. The summed E-state index contributed by atoms with van der Waals surface area (Å²) in [6, 6.07) is 1.42. The lowest BCUT2D eigenvalue weighted by molar-refractivity contribution is -0.141. The number of ether oxygens (including phenoxy) is 1. The number of thiophene rings is 1. The minimum absolute atomic E-state index is 0.168. The Morgan fingerprint density at radius 3 is 2.92 bits per heavy atom. The third kappa shape index (κ3) is 2.43. The third-order valence-electron chi connectivity index (χ3n) is 1.68. The molecule has 4 N–H and O–H groups in total. The highest BCUT2D eigenvalue weighted by Gasteiger charge is 2.15. The van der Waals surface area contributed by atoms with Crippen LogP contribution in [0.2, 0.25) is 0 Å². The van der Waals surface area contributed by atoms with Crippen molar-refractivity contribution in [2.24, 2.45) is 5.73 Å². The normalized spacial score (nSPS) is 12.5. The number of hydrogen-bond acceptors (Lipinski definition) is 5. The van der Waals surface area contributed by atoms with Crippen LogP contribution in [0.4, 0.5) is 5.69 Å². The molecule has 1 aromatic rings. The highest BCUT2D eigenvalue weighted by molar-refractivity contribution is 7.10. The number of carbonyl (C=O) groups is 1. The molecule has 1 aromatic heterocycles. The van der Waals surface area contributed by atoms with Crippen molar-refractivity contribution in [1.29, 1.82) is 0 Å². The van der Waals surface area contributed by atoms with Gasteiger partial charge in [0.15, 0.2) is 0 Å². The molecule has 1 heterocycles. The van der Waals surface area contributed by atoms with Crippen LogP contribution in [0.15, 0.2) is 11.4 Å². The molecule has 0 saturated heterocycles. The predicted molar refractivity (Wildman–Crippen MR) is 52.3 cm³/mol. The standard InChI is InChI=1S/C8H12N2O2S/c1-12-7(11)4-6(10)8-5(9)2-3-13-8/h2-3,6H,4,9-10H2,1H3/t6-/m1/s1. The number of carbonyl (C=O) groups excluding carboxylic acids is 1. The van der Waals surface area contributed by atoms with Crippen molar-refractivity contribution in [1.82, 2.24) is 0 Å². The van der Waals surface area contributed by atoms with Crippen molar-refractivity contribution < 1.29 is 9.53 Å². The van der Waals surface area contributed by atoms with Gasteiger partial charge in [0.05, 0.1) is 19.6 Å². The van der Waals surface area contributed by atoms with Crippen molar-refractivity contribution in [2.75, 3.05) is 12.8 Å². The quantitative estimate of drug-likeness (QED) is 0.710. The molecule has 13 heavy (non-hydrogen) atoms. The molecule has 0 spiro atoms. The van der Waals surface area contributed by atoms with Crippen molar-refractivity contribution >= 4 is 23.0 Å². The summed E-state index contributed by atoms with van der Waals surface area (Å²) in [6.45, 7) is 0. The maximum absolute atomic E-state index is 10.9. The van der Waals surface area contributed by atoms with Gasteiger partial charge in [0.1, 0.15) is 0 Å². The van der Waals surface area contributed by atoms with E-state index in [4.69, 9.17) is 11.5 Å². The number of esters is 1. The topological polar surface area (TPSA) is 78.3 Å². The van der Waals surface area contributed by atoms with Gasteiger partial charge in [-0.2, -0.15) is 0 Å². The molecule has 0 aliphatic carbocycles. The number of rotatable bonds is 3. The van der Waals surface area contributed by atoms with Crippen molar-refractivity contribution in [3.8, 4) is 0 Å². The van der Waals surface area contributed by atoms with Crippen LogP contribution in [0.3, 0.4) is 0 Å². The zero-order chi connectivity index (χ0) is 9.84. The Labute approximate surface area is 80.5 Å². The lowest BCUT2D eigenvalue weighted by atomic mass is 10.2. The minimum atomic E-state index is -0.354. The molecule has 1 atom stereocenters. The van der Waals surface area contributed by atoms with Gasteiger partial charge in [0.2, 0.25) is 0 Å². The molecule has 5 heteroatoms. The summed E-state index contributed by atoms with van der Waals surface area (Å²) in [5, 5.41) is 1.85. The Kier molecular flexibility index (Phi) is 3.27. The molecule has 0 radical (unpaired) electrons.